The van der Waals surface area contributed by atoms with Gasteiger partial charge >= 0.3 is 0 Å². The molecule has 1 fully saturated rings. The van der Waals surface area contributed by atoms with Crippen molar-refractivity contribution < 1.29 is 14.3 Å². The highest BCUT2D eigenvalue weighted by Gasteiger charge is 2.15. The molecule has 3 rings (SSSR count). The van der Waals surface area contributed by atoms with Crippen LogP contribution in [0, 0.1) is 0 Å². The Bertz CT molecular complexity index is 757. The molecule has 1 aliphatic rings. The highest BCUT2D eigenvalue weighted by molar-refractivity contribution is 5.96. The van der Waals surface area contributed by atoms with Crippen LogP contribution in [0.25, 0.3) is 0 Å². The SMILES string of the molecule is COCCOc1ccccc1C(=O)NCc1ccccc1CN1CCCCC1. The molecule has 28 heavy (non-hydrogen) atoms. The predicted molar refractivity (Wildman–Crippen MR) is 111 cm³/mol. The lowest BCUT2D eigenvalue weighted by Gasteiger charge is -2.27. The molecule has 150 valence electrons. The van der Waals surface area contributed by atoms with Gasteiger partial charge in [0.2, 0.25) is 0 Å². The normalized spacial score (nSPS) is 14.6. The van der Waals surface area contributed by atoms with Gasteiger partial charge in [0, 0.05) is 20.2 Å². The number of hydrogen-bond donors (Lipinski definition) is 1. The van der Waals surface area contributed by atoms with E-state index in [1.807, 2.05) is 24.3 Å². The van der Waals surface area contributed by atoms with E-state index in [2.05, 4.69) is 28.4 Å². The largest absolute Gasteiger partial charge is 0.490 e. The Labute approximate surface area is 167 Å². The summed E-state index contributed by atoms with van der Waals surface area (Å²) < 4.78 is 10.7. The van der Waals surface area contributed by atoms with E-state index in [9.17, 15) is 4.79 Å². The van der Waals surface area contributed by atoms with E-state index in [1.165, 1.54) is 30.4 Å². The second-order valence-electron chi connectivity index (χ2n) is 7.13. The van der Waals surface area contributed by atoms with Gasteiger partial charge in [0.15, 0.2) is 0 Å². The molecular weight excluding hydrogens is 352 g/mol. The first-order valence-electron chi connectivity index (χ1n) is 10.1. The van der Waals surface area contributed by atoms with E-state index >= 15 is 0 Å². The Morgan fingerprint density at radius 3 is 2.46 bits per heavy atom. The van der Waals surface area contributed by atoms with Crippen LogP contribution in [0.4, 0.5) is 0 Å². The first-order valence-corrected chi connectivity index (χ1v) is 10.1. The van der Waals surface area contributed by atoms with Gasteiger partial charge in [-0.25, -0.2) is 0 Å². The zero-order valence-electron chi connectivity index (χ0n) is 16.7. The summed E-state index contributed by atoms with van der Waals surface area (Å²) in [6, 6.07) is 15.7. The van der Waals surface area contributed by atoms with Crippen LogP contribution >= 0.6 is 0 Å². The average Bonchev–Trinajstić information content (AvgIpc) is 2.74. The lowest BCUT2D eigenvalue weighted by atomic mass is 10.0. The molecule has 1 amide bonds. The number of likely N-dealkylation sites (tertiary alicyclic amines) is 1. The van der Waals surface area contributed by atoms with E-state index in [-0.39, 0.29) is 5.91 Å². The minimum absolute atomic E-state index is 0.124. The number of rotatable bonds is 9. The number of methoxy groups -OCH3 is 1. The smallest absolute Gasteiger partial charge is 0.255 e. The molecule has 1 heterocycles. The second-order valence-corrected chi connectivity index (χ2v) is 7.13. The Balaban J connectivity index is 1.62. The van der Waals surface area contributed by atoms with Crippen molar-refractivity contribution in [3.8, 4) is 5.75 Å². The third-order valence-electron chi connectivity index (χ3n) is 5.08. The molecule has 2 aromatic carbocycles. The summed E-state index contributed by atoms with van der Waals surface area (Å²) in [4.78, 5) is 15.2. The topological polar surface area (TPSA) is 50.8 Å². The molecule has 5 nitrogen and oxygen atoms in total. The molecule has 5 heteroatoms. The Morgan fingerprint density at radius 2 is 1.68 bits per heavy atom. The first-order chi connectivity index (χ1) is 13.8. The van der Waals surface area contributed by atoms with Crippen LogP contribution < -0.4 is 10.1 Å². The number of nitrogens with zero attached hydrogens (tertiary/aromatic N) is 1. The minimum atomic E-state index is -0.124. The number of nitrogens with one attached hydrogen (secondary N) is 1. The van der Waals surface area contributed by atoms with Crippen LogP contribution in [0.5, 0.6) is 5.75 Å². The number of benzene rings is 2. The van der Waals surface area contributed by atoms with Gasteiger partial charge in [-0.1, -0.05) is 42.8 Å². The fourth-order valence-electron chi connectivity index (χ4n) is 3.53. The van der Waals surface area contributed by atoms with Crippen molar-refractivity contribution in [2.45, 2.75) is 32.4 Å². The summed E-state index contributed by atoms with van der Waals surface area (Å²) in [6.45, 7) is 4.68. The van der Waals surface area contributed by atoms with Gasteiger partial charge in [0.1, 0.15) is 12.4 Å². The number of ether oxygens (including phenoxy) is 2. The van der Waals surface area contributed by atoms with E-state index in [4.69, 9.17) is 9.47 Å². The van der Waals surface area contributed by atoms with Gasteiger partial charge in [-0.3, -0.25) is 9.69 Å². The molecule has 1 N–H and O–H groups in total. The number of hydrogen-bond acceptors (Lipinski definition) is 4. The monoisotopic (exact) mass is 382 g/mol. The molecule has 0 spiro atoms. The quantitative estimate of drug-likeness (QED) is 0.673. The molecule has 0 aromatic heterocycles. The van der Waals surface area contributed by atoms with E-state index in [0.717, 1.165) is 19.6 Å². The van der Waals surface area contributed by atoms with Crippen molar-refractivity contribution in [2.24, 2.45) is 0 Å². The van der Waals surface area contributed by atoms with Crippen molar-refractivity contribution in [2.75, 3.05) is 33.4 Å². The Kier molecular flexibility index (Phi) is 7.88. The fraction of sp³-hybridized carbons (Fsp3) is 0.435. The number of carbonyl (C=O) groups is 1. The van der Waals surface area contributed by atoms with E-state index in [0.29, 0.717) is 31.1 Å². The number of piperidine rings is 1. The number of para-hydroxylation sites is 1. The average molecular weight is 383 g/mol. The highest BCUT2D eigenvalue weighted by atomic mass is 16.5. The Hall–Kier alpha value is -2.37. The van der Waals surface area contributed by atoms with Crippen molar-refractivity contribution in [1.82, 2.24) is 10.2 Å². The van der Waals surface area contributed by atoms with Crippen LogP contribution in [-0.2, 0) is 17.8 Å². The summed E-state index contributed by atoms with van der Waals surface area (Å²) in [5.41, 5.74) is 3.00. The van der Waals surface area contributed by atoms with Crippen LogP contribution in [0.15, 0.2) is 48.5 Å². The van der Waals surface area contributed by atoms with E-state index in [1.54, 1.807) is 13.2 Å². The first kappa shape index (κ1) is 20.4. The standard InChI is InChI=1S/C23H30N2O3/c1-27-15-16-28-22-12-6-5-11-21(22)23(26)24-17-19-9-3-4-10-20(19)18-25-13-7-2-8-14-25/h3-6,9-12H,2,7-8,13-18H2,1H3,(H,24,26). The van der Waals surface area contributed by atoms with Gasteiger partial charge in [0.25, 0.3) is 5.91 Å². The fourth-order valence-corrected chi connectivity index (χ4v) is 3.53. The molecule has 0 unspecified atom stereocenters. The predicted octanol–water partition coefficient (Wildman–Crippen LogP) is 3.63. The molecule has 0 saturated carbocycles. The molecule has 0 atom stereocenters. The maximum Gasteiger partial charge on any atom is 0.255 e. The lowest BCUT2D eigenvalue weighted by Crippen LogP contribution is -2.30. The highest BCUT2D eigenvalue weighted by Crippen LogP contribution is 2.19. The molecule has 0 bridgehead atoms. The van der Waals surface area contributed by atoms with Crippen molar-refractivity contribution >= 4 is 5.91 Å². The van der Waals surface area contributed by atoms with Crippen molar-refractivity contribution in [3.63, 3.8) is 0 Å². The third kappa shape index (κ3) is 5.81. The summed E-state index contributed by atoms with van der Waals surface area (Å²) in [5, 5.41) is 3.05. The van der Waals surface area contributed by atoms with E-state index < -0.39 is 0 Å². The summed E-state index contributed by atoms with van der Waals surface area (Å²) in [7, 11) is 1.63. The summed E-state index contributed by atoms with van der Waals surface area (Å²) in [5.74, 6) is 0.458. The molecule has 1 saturated heterocycles. The van der Waals surface area contributed by atoms with Crippen LogP contribution in [0.2, 0.25) is 0 Å². The molecule has 0 aliphatic carbocycles. The molecule has 0 radical (unpaired) electrons. The molecule has 2 aromatic rings. The van der Waals surface area contributed by atoms with Gasteiger partial charge < -0.3 is 14.8 Å². The third-order valence-corrected chi connectivity index (χ3v) is 5.08. The van der Waals surface area contributed by atoms with Gasteiger partial charge in [-0.2, -0.15) is 0 Å². The van der Waals surface area contributed by atoms with Crippen LogP contribution in [-0.4, -0.2) is 44.2 Å². The minimum Gasteiger partial charge on any atom is -0.490 e. The summed E-state index contributed by atoms with van der Waals surface area (Å²) >= 11 is 0. The summed E-state index contributed by atoms with van der Waals surface area (Å²) in [6.07, 6.45) is 3.89. The molecular formula is C23H30N2O3. The number of carbonyl (C=O) groups excluding carboxylic acids is 1. The zero-order valence-corrected chi connectivity index (χ0v) is 16.7. The van der Waals surface area contributed by atoms with Gasteiger partial charge in [0.05, 0.1) is 12.2 Å². The zero-order chi connectivity index (χ0) is 19.6. The van der Waals surface area contributed by atoms with Crippen LogP contribution in [0.3, 0.4) is 0 Å². The van der Waals surface area contributed by atoms with Gasteiger partial charge in [-0.15, -0.1) is 0 Å². The van der Waals surface area contributed by atoms with Crippen LogP contribution in [0.1, 0.15) is 40.7 Å². The Morgan fingerprint density at radius 1 is 0.964 bits per heavy atom. The molecule has 1 aliphatic heterocycles. The maximum atomic E-state index is 12.7. The van der Waals surface area contributed by atoms with Crippen molar-refractivity contribution in [3.05, 3.63) is 65.2 Å². The number of amides is 1. The van der Waals surface area contributed by atoms with Crippen molar-refractivity contribution in [1.29, 1.82) is 0 Å². The van der Waals surface area contributed by atoms with Gasteiger partial charge in [-0.05, 0) is 49.2 Å². The lowest BCUT2D eigenvalue weighted by molar-refractivity contribution is 0.0943. The second kappa shape index (κ2) is 10.8. The maximum absolute atomic E-state index is 12.7.